The molecule has 0 spiro atoms. The molecule has 0 aliphatic heterocycles. The summed E-state index contributed by atoms with van der Waals surface area (Å²) in [6, 6.07) is 0. The summed E-state index contributed by atoms with van der Waals surface area (Å²) in [5, 5.41) is 0.458. The minimum atomic E-state index is 0.458. The smallest absolute Gasteiger partial charge is 0.132 e. The van der Waals surface area contributed by atoms with E-state index in [0.29, 0.717) is 17.4 Å². The van der Waals surface area contributed by atoms with Crippen LogP contribution in [0.1, 0.15) is 13.8 Å². The van der Waals surface area contributed by atoms with Gasteiger partial charge in [-0.1, -0.05) is 18.2 Å². The van der Waals surface area contributed by atoms with Crippen molar-refractivity contribution in [2.24, 2.45) is 0 Å². The second-order valence-corrected chi connectivity index (χ2v) is 1.95. The summed E-state index contributed by atoms with van der Waals surface area (Å²) in [5.41, 5.74) is 0. The molecule has 0 aromatic carbocycles. The maximum absolute atomic E-state index is 5.53. The van der Waals surface area contributed by atoms with Crippen molar-refractivity contribution in [1.82, 2.24) is 0 Å². The van der Waals surface area contributed by atoms with E-state index in [-0.39, 0.29) is 0 Å². The molecule has 0 heterocycles. The summed E-state index contributed by atoms with van der Waals surface area (Å²) in [7, 11) is 0. The molecule has 9 heavy (non-hydrogen) atoms. The Morgan fingerprint density at radius 3 is 2.44 bits per heavy atom. The Kier molecular flexibility index (Phi) is 4.24. The molecular formula is C7H11ClO. The maximum Gasteiger partial charge on any atom is 0.132 e. The van der Waals surface area contributed by atoms with Gasteiger partial charge in [0.05, 0.1) is 11.6 Å². The molecule has 0 saturated carbocycles. The van der Waals surface area contributed by atoms with Crippen molar-refractivity contribution in [3.63, 3.8) is 0 Å². The van der Waals surface area contributed by atoms with Gasteiger partial charge in [-0.05, 0) is 19.9 Å². The van der Waals surface area contributed by atoms with Crippen LogP contribution in [-0.4, -0.2) is 6.61 Å². The van der Waals surface area contributed by atoms with Crippen LogP contribution in [0.25, 0.3) is 0 Å². The Labute approximate surface area is 61.0 Å². The number of halogens is 1. The molecule has 0 atom stereocenters. The van der Waals surface area contributed by atoms with Gasteiger partial charge in [-0.3, -0.25) is 0 Å². The first-order valence-electron chi connectivity index (χ1n) is 2.86. The van der Waals surface area contributed by atoms with Gasteiger partial charge in [0.15, 0.2) is 0 Å². The van der Waals surface area contributed by atoms with Crippen LogP contribution in [0, 0.1) is 0 Å². The van der Waals surface area contributed by atoms with Crippen LogP contribution in [0.4, 0.5) is 0 Å². The molecule has 0 radical (unpaired) electrons. The van der Waals surface area contributed by atoms with Gasteiger partial charge in [0.25, 0.3) is 0 Å². The molecule has 0 rings (SSSR count). The van der Waals surface area contributed by atoms with E-state index < -0.39 is 0 Å². The molecule has 0 bridgehead atoms. The Bertz CT molecular complexity index is 127. The summed E-state index contributed by atoms with van der Waals surface area (Å²) in [4.78, 5) is 0. The summed E-state index contributed by atoms with van der Waals surface area (Å²) < 4.78 is 5.08. The Hall–Kier alpha value is -0.430. The molecule has 0 fully saturated rings. The molecule has 0 aliphatic carbocycles. The van der Waals surface area contributed by atoms with Gasteiger partial charge in [-0.2, -0.15) is 0 Å². The predicted octanol–water partition coefficient (Wildman–Crippen LogP) is 2.68. The first-order chi connectivity index (χ1) is 4.22. The topological polar surface area (TPSA) is 9.23 Å². The van der Waals surface area contributed by atoms with E-state index in [1.54, 1.807) is 6.08 Å². The highest BCUT2D eigenvalue weighted by molar-refractivity contribution is 6.31. The standard InChI is InChI=1S/C7H11ClO/c1-4-7(6(3)8)9-5-2/h4H,3,5H2,1-2H3/b7-4-. The Balaban J connectivity index is 3.85. The van der Waals surface area contributed by atoms with E-state index in [1.165, 1.54) is 0 Å². The fraction of sp³-hybridized carbons (Fsp3) is 0.429. The molecule has 0 unspecified atom stereocenters. The third-order valence-corrected chi connectivity index (χ3v) is 1.02. The van der Waals surface area contributed by atoms with Gasteiger partial charge in [-0.15, -0.1) is 0 Å². The van der Waals surface area contributed by atoms with Gasteiger partial charge >= 0.3 is 0 Å². The summed E-state index contributed by atoms with van der Waals surface area (Å²) in [5.74, 6) is 0.666. The van der Waals surface area contributed by atoms with Crippen LogP contribution in [0.5, 0.6) is 0 Å². The van der Waals surface area contributed by atoms with Crippen LogP contribution in [0.15, 0.2) is 23.4 Å². The third kappa shape index (κ3) is 3.20. The number of hydrogen-bond donors (Lipinski definition) is 0. The summed E-state index contributed by atoms with van der Waals surface area (Å²) in [6.45, 7) is 7.91. The third-order valence-electron chi connectivity index (χ3n) is 0.829. The highest BCUT2D eigenvalue weighted by Crippen LogP contribution is 2.12. The van der Waals surface area contributed by atoms with E-state index in [4.69, 9.17) is 16.3 Å². The van der Waals surface area contributed by atoms with Crippen molar-refractivity contribution >= 4 is 11.6 Å². The van der Waals surface area contributed by atoms with E-state index in [9.17, 15) is 0 Å². The average molecular weight is 147 g/mol. The lowest BCUT2D eigenvalue weighted by Gasteiger charge is -2.03. The Morgan fingerprint density at radius 2 is 2.33 bits per heavy atom. The zero-order valence-electron chi connectivity index (χ0n) is 5.78. The molecule has 0 amide bonds. The molecule has 52 valence electrons. The lowest BCUT2D eigenvalue weighted by Crippen LogP contribution is -1.89. The van der Waals surface area contributed by atoms with Crippen LogP contribution in [0.3, 0.4) is 0 Å². The minimum absolute atomic E-state index is 0.458. The fourth-order valence-electron chi connectivity index (χ4n) is 0.474. The second-order valence-electron chi connectivity index (χ2n) is 1.49. The summed E-state index contributed by atoms with van der Waals surface area (Å²) in [6.07, 6.45) is 1.79. The summed E-state index contributed by atoms with van der Waals surface area (Å²) >= 11 is 5.53. The van der Waals surface area contributed by atoms with Gasteiger partial charge < -0.3 is 4.74 Å². The molecule has 0 aromatic rings. The molecule has 0 aliphatic rings. The number of ether oxygens (including phenoxy) is 1. The van der Waals surface area contributed by atoms with Gasteiger partial charge in [0, 0.05) is 0 Å². The number of allylic oxidation sites excluding steroid dienone is 2. The molecule has 0 saturated heterocycles. The molecule has 0 aromatic heterocycles. The van der Waals surface area contributed by atoms with Crippen molar-refractivity contribution in [1.29, 1.82) is 0 Å². The fourth-order valence-corrected chi connectivity index (χ4v) is 0.637. The minimum Gasteiger partial charge on any atom is -0.493 e. The zero-order valence-corrected chi connectivity index (χ0v) is 6.53. The molecule has 0 N–H and O–H groups in total. The van der Waals surface area contributed by atoms with Crippen molar-refractivity contribution in [3.05, 3.63) is 23.4 Å². The lowest BCUT2D eigenvalue weighted by molar-refractivity contribution is 0.240. The number of hydrogen-bond acceptors (Lipinski definition) is 1. The first kappa shape index (κ1) is 8.57. The van der Waals surface area contributed by atoms with E-state index in [0.717, 1.165) is 0 Å². The van der Waals surface area contributed by atoms with Crippen LogP contribution in [-0.2, 0) is 4.74 Å². The van der Waals surface area contributed by atoms with Crippen molar-refractivity contribution in [3.8, 4) is 0 Å². The largest absolute Gasteiger partial charge is 0.493 e. The quantitative estimate of drug-likeness (QED) is 0.440. The van der Waals surface area contributed by atoms with E-state index in [2.05, 4.69) is 6.58 Å². The maximum atomic E-state index is 5.53. The molecule has 1 nitrogen and oxygen atoms in total. The van der Waals surface area contributed by atoms with E-state index in [1.807, 2.05) is 13.8 Å². The SMILES string of the molecule is C=C(Cl)/C(=C/C)OCC. The average Bonchev–Trinajstić information content (AvgIpc) is 1.82. The Morgan fingerprint density at radius 1 is 1.78 bits per heavy atom. The van der Waals surface area contributed by atoms with E-state index >= 15 is 0 Å². The van der Waals surface area contributed by atoms with Crippen molar-refractivity contribution in [2.75, 3.05) is 6.61 Å². The molecular weight excluding hydrogens is 136 g/mol. The van der Waals surface area contributed by atoms with Crippen molar-refractivity contribution in [2.45, 2.75) is 13.8 Å². The van der Waals surface area contributed by atoms with Gasteiger partial charge in [0.1, 0.15) is 5.76 Å². The van der Waals surface area contributed by atoms with Crippen LogP contribution in [0.2, 0.25) is 0 Å². The highest BCUT2D eigenvalue weighted by atomic mass is 35.5. The van der Waals surface area contributed by atoms with Crippen LogP contribution < -0.4 is 0 Å². The number of rotatable bonds is 3. The zero-order chi connectivity index (χ0) is 7.28. The lowest BCUT2D eigenvalue weighted by atomic mass is 10.4. The molecule has 2 heteroatoms. The van der Waals surface area contributed by atoms with Crippen LogP contribution >= 0.6 is 11.6 Å². The second kappa shape index (κ2) is 4.45. The first-order valence-corrected chi connectivity index (χ1v) is 3.24. The van der Waals surface area contributed by atoms with Gasteiger partial charge in [-0.25, -0.2) is 0 Å². The normalized spacial score (nSPS) is 11.2. The monoisotopic (exact) mass is 146 g/mol. The van der Waals surface area contributed by atoms with Gasteiger partial charge in [0.2, 0.25) is 0 Å². The highest BCUT2D eigenvalue weighted by Gasteiger charge is 1.95. The van der Waals surface area contributed by atoms with Crippen molar-refractivity contribution < 1.29 is 4.74 Å². The predicted molar refractivity (Wildman–Crippen MR) is 40.4 cm³/mol.